The molecule has 27 heavy (non-hydrogen) atoms. The van der Waals surface area contributed by atoms with Crippen LogP contribution in [0.4, 0.5) is 0 Å². The highest BCUT2D eigenvalue weighted by atomic mass is 15.1. The van der Waals surface area contributed by atoms with Crippen LogP contribution in [0.2, 0.25) is 0 Å². The number of aromatic amines is 1. The first-order valence-corrected chi connectivity index (χ1v) is 9.97. The van der Waals surface area contributed by atoms with Gasteiger partial charge in [0.2, 0.25) is 0 Å². The number of H-pyrrole nitrogens is 1. The average molecular weight is 364 g/mol. The predicted octanol–water partition coefficient (Wildman–Crippen LogP) is 3.01. The van der Waals surface area contributed by atoms with Gasteiger partial charge < -0.3 is 20.9 Å². The van der Waals surface area contributed by atoms with Crippen molar-refractivity contribution in [1.29, 1.82) is 0 Å². The molecule has 3 heterocycles. The van der Waals surface area contributed by atoms with Gasteiger partial charge in [0, 0.05) is 29.5 Å². The summed E-state index contributed by atoms with van der Waals surface area (Å²) in [6.07, 6.45) is 8.72. The van der Waals surface area contributed by atoms with Gasteiger partial charge in [-0.1, -0.05) is 24.8 Å². The molecule has 142 valence electrons. The van der Waals surface area contributed by atoms with Gasteiger partial charge in [0.05, 0.1) is 18.9 Å². The van der Waals surface area contributed by atoms with Crippen molar-refractivity contribution in [3.63, 3.8) is 0 Å². The van der Waals surface area contributed by atoms with Crippen LogP contribution in [0, 0.1) is 0 Å². The highest BCUT2D eigenvalue weighted by Crippen LogP contribution is 2.19. The fourth-order valence-electron chi connectivity index (χ4n) is 3.81. The van der Waals surface area contributed by atoms with Crippen molar-refractivity contribution in [1.82, 2.24) is 20.9 Å². The maximum atomic E-state index is 4.47. The third kappa shape index (κ3) is 4.80. The van der Waals surface area contributed by atoms with Crippen molar-refractivity contribution in [2.75, 3.05) is 19.6 Å². The van der Waals surface area contributed by atoms with Crippen molar-refractivity contribution in [2.24, 2.45) is 4.99 Å². The molecule has 1 fully saturated rings. The molecule has 5 heteroatoms. The van der Waals surface area contributed by atoms with E-state index in [1.807, 2.05) is 0 Å². The van der Waals surface area contributed by atoms with Crippen molar-refractivity contribution >= 4 is 16.6 Å². The zero-order valence-electron chi connectivity index (χ0n) is 15.9. The molecule has 1 aromatic heterocycles. The van der Waals surface area contributed by atoms with Crippen molar-refractivity contribution in [3.8, 4) is 0 Å². The Morgan fingerprint density at radius 1 is 1.26 bits per heavy atom. The summed E-state index contributed by atoms with van der Waals surface area (Å²) in [7, 11) is 0. The first-order valence-electron chi connectivity index (χ1n) is 9.97. The van der Waals surface area contributed by atoms with Crippen LogP contribution in [0.5, 0.6) is 0 Å². The Labute approximate surface area is 161 Å². The topological polar surface area (TPSA) is 64.2 Å². The van der Waals surface area contributed by atoms with Crippen LogP contribution >= 0.6 is 0 Å². The summed E-state index contributed by atoms with van der Waals surface area (Å²) in [5.41, 5.74) is 4.94. The van der Waals surface area contributed by atoms with Crippen molar-refractivity contribution in [2.45, 2.75) is 38.3 Å². The van der Waals surface area contributed by atoms with Gasteiger partial charge in [0.25, 0.3) is 0 Å². The summed E-state index contributed by atoms with van der Waals surface area (Å²) < 4.78 is 0. The first kappa shape index (κ1) is 17.9. The van der Waals surface area contributed by atoms with E-state index >= 15 is 0 Å². The van der Waals surface area contributed by atoms with Crippen molar-refractivity contribution in [3.05, 3.63) is 60.1 Å². The minimum Gasteiger partial charge on any atom is -0.368 e. The molecule has 1 aromatic carbocycles. The zero-order chi connectivity index (χ0) is 18.5. The molecule has 1 atom stereocenters. The summed E-state index contributed by atoms with van der Waals surface area (Å²) in [5.74, 6) is 0.897. The molecular weight excluding hydrogens is 334 g/mol. The third-order valence-electron chi connectivity index (χ3n) is 5.29. The number of aliphatic imine (C=N–C) groups is 1. The Kier molecular flexibility index (Phi) is 5.58. The number of piperidine rings is 1. The molecule has 4 N–H and O–H groups in total. The molecule has 1 saturated heterocycles. The van der Waals surface area contributed by atoms with E-state index in [4.69, 9.17) is 0 Å². The van der Waals surface area contributed by atoms with Gasteiger partial charge in [-0.05, 0) is 61.4 Å². The summed E-state index contributed by atoms with van der Waals surface area (Å²) >= 11 is 0. The Morgan fingerprint density at radius 3 is 3.04 bits per heavy atom. The van der Waals surface area contributed by atoms with Gasteiger partial charge in [0.1, 0.15) is 0 Å². The van der Waals surface area contributed by atoms with Crippen LogP contribution in [0.3, 0.4) is 0 Å². The van der Waals surface area contributed by atoms with Crippen LogP contribution < -0.4 is 16.0 Å². The van der Waals surface area contributed by atoms with E-state index in [0.717, 1.165) is 44.8 Å². The van der Waals surface area contributed by atoms with Crippen molar-refractivity contribution < 1.29 is 0 Å². The monoisotopic (exact) mass is 363 g/mol. The number of hydrogen-bond acceptors (Lipinski definition) is 4. The molecule has 2 aliphatic rings. The lowest BCUT2D eigenvalue weighted by atomic mass is 10.1. The molecule has 2 aliphatic heterocycles. The molecule has 0 spiro atoms. The molecule has 5 nitrogen and oxygen atoms in total. The molecule has 4 rings (SSSR count). The largest absolute Gasteiger partial charge is 0.368 e. The van der Waals surface area contributed by atoms with Crippen LogP contribution in [-0.2, 0) is 13.0 Å². The highest BCUT2D eigenvalue weighted by molar-refractivity contribution is 5.96. The van der Waals surface area contributed by atoms with Gasteiger partial charge in [0.15, 0.2) is 0 Å². The summed E-state index contributed by atoms with van der Waals surface area (Å²) in [6.45, 7) is 7.84. The Morgan fingerprint density at radius 2 is 2.22 bits per heavy atom. The number of nitrogens with zero attached hydrogens (tertiary/aromatic N) is 1. The Bertz CT molecular complexity index is 855. The Balaban J connectivity index is 1.31. The number of benzene rings is 1. The number of aromatic nitrogens is 1. The second kappa shape index (κ2) is 8.44. The maximum Gasteiger partial charge on any atom is 0.0918 e. The smallest absolute Gasteiger partial charge is 0.0918 e. The number of nitrogens with one attached hydrogen (secondary N) is 4. The summed E-state index contributed by atoms with van der Waals surface area (Å²) in [6, 6.07) is 9.38. The van der Waals surface area contributed by atoms with E-state index < -0.39 is 0 Å². The van der Waals surface area contributed by atoms with Gasteiger partial charge in [-0.3, -0.25) is 4.99 Å². The van der Waals surface area contributed by atoms with Gasteiger partial charge in [-0.15, -0.1) is 0 Å². The molecule has 2 aromatic rings. The van der Waals surface area contributed by atoms with Crippen LogP contribution in [0.25, 0.3) is 10.9 Å². The fraction of sp³-hybridized carbons (Fsp3) is 0.409. The van der Waals surface area contributed by atoms with Gasteiger partial charge in [-0.2, -0.15) is 0 Å². The quantitative estimate of drug-likeness (QED) is 0.583. The number of fused-ring (bicyclic) bond motifs is 1. The maximum absolute atomic E-state index is 4.47. The Hall–Kier alpha value is -2.53. The van der Waals surface area contributed by atoms with E-state index in [9.17, 15) is 0 Å². The SMILES string of the molecule is C=C(NCc1cc2ccc(CCC3=NCC=C3)cc2[nH]1)NC1CCCNC1. The van der Waals surface area contributed by atoms with E-state index in [1.165, 1.54) is 40.7 Å². The summed E-state index contributed by atoms with van der Waals surface area (Å²) in [5, 5.41) is 11.5. The first-order chi connectivity index (χ1) is 13.3. The fourth-order valence-corrected chi connectivity index (χ4v) is 3.81. The van der Waals surface area contributed by atoms with E-state index in [2.05, 4.69) is 68.9 Å². The lowest BCUT2D eigenvalue weighted by Gasteiger charge is -2.26. The lowest BCUT2D eigenvalue weighted by molar-refractivity contribution is 0.405. The molecule has 0 amide bonds. The second-order valence-corrected chi connectivity index (χ2v) is 7.47. The predicted molar refractivity (Wildman–Crippen MR) is 113 cm³/mol. The van der Waals surface area contributed by atoms with Crippen LogP contribution in [0.15, 0.2) is 53.8 Å². The average Bonchev–Trinajstić information content (AvgIpc) is 3.34. The van der Waals surface area contributed by atoms with Gasteiger partial charge >= 0.3 is 0 Å². The normalized spacial score (nSPS) is 19.3. The summed E-state index contributed by atoms with van der Waals surface area (Å²) in [4.78, 5) is 8.01. The van der Waals surface area contributed by atoms with Crippen LogP contribution in [0.1, 0.15) is 30.5 Å². The minimum atomic E-state index is 0.475. The molecular formula is C22H29N5. The molecule has 1 unspecified atom stereocenters. The third-order valence-corrected chi connectivity index (χ3v) is 5.29. The lowest BCUT2D eigenvalue weighted by Crippen LogP contribution is -2.44. The number of allylic oxidation sites excluding steroid dienone is 1. The minimum absolute atomic E-state index is 0.475. The molecule has 0 aliphatic carbocycles. The second-order valence-electron chi connectivity index (χ2n) is 7.47. The van der Waals surface area contributed by atoms with Crippen LogP contribution in [-0.4, -0.2) is 36.4 Å². The highest BCUT2D eigenvalue weighted by Gasteiger charge is 2.12. The number of rotatable bonds is 8. The molecule has 0 bridgehead atoms. The van der Waals surface area contributed by atoms with Gasteiger partial charge in [-0.25, -0.2) is 0 Å². The number of hydrogen-bond donors (Lipinski definition) is 4. The van der Waals surface area contributed by atoms with E-state index in [-0.39, 0.29) is 0 Å². The standard InChI is InChI=1S/C22H29N5/c1-16(26-20-5-2-10-23-14-20)25-15-21-13-18-8-6-17(12-22(18)27-21)7-9-19-4-3-11-24-19/h3-4,6,8,12-13,20,23,25-27H,1-2,5,7,9-11,14-15H2. The van der Waals surface area contributed by atoms with E-state index in [1.54, 1.807) is 0 Å². The molecule has 0 radical (unpaired) electrons. The van der Waals surface area contributed by atoms with E-state index in [0.29, 0.717) is 6.04 Å². The molecule has 0 saturated carbocycles. The number of aryl methyl sites for hydroxylation is 1. The zero-order valence-corrected chi connectivity index (χ0v) is 15.9.